The first kappa shape index (κ1) is 21.0. The summed E-state index contributed by atoms with van der Waals surface area (Å²) >= 11 is 0. The van der Waals surface area contributed by atoms with E-state index in [4.69, 9.17) is 4.74 Å². The molecule has 0 spiro atoms. The summed E-state index contributed by atoms with van der Waals surface area (Å²) in [5.41, 5.74) is 0.581. The Labute approximate surface area is 163 Å². The number of phenols is 1. The smallest absolute Gasteiger partial charge is 0.246 e. The molecule has 0 aliphatic heterocycles. The van der Waals surface area contributed by atoms with Gasteiger partial charge in [-0.2, -0.15) is 0 Å². The Morgan fingerprint density at radius 3 is 2.46 bits per heavy atom. The molecule has 8 heteroatoms. The molecule has 7 nitrogen and oxygen atoms in total. The van der Waals surface area contributed by atoms with Crippen LogP contribution in [0.5, 0.6) is 11.5 Å². The number of hydrogen-bond acceptors (Lipinski definition) is 4. The van der Waals surface area contributed by atoms with Crippen LogP contribution < -0.4 is 20.7 Å². The minimum absolute atomic E-state index is 0.0661. The lowest BCUT2D eigenvalue weighted by Crippen LogP contribution is -2.42. The number of nitrogens with one attached hydrogen (secondary N) is 3. The lowest BCUT2D eigenvalue weighted by molar-refractivity contribution is -0.114. The monoisotopic (exact) mass is 388 g/mol. The number of carbonyl (C=O) groups is 1. The molecule has 0 aliphatic carbocycles. The van der Waals surface area contributed by atoms with Crippen molar-refractivity contribution in [3.63, 3.8) is 0 Å². The summed E-state index contributed by atoms with van der Waals surface area (Å²) in [6.07, 6.45) is -0.194. The van der Waals surface area contributed by atoms with Crippen LogP contribution in [0.25, 0.3) is 0 Å². The summed E-state index contributed by atoms with van der Waals surface area (Å²) in [6.45, 7) is 4.81. The molecule has 0 saturated carbocycles. The third kappa shape index (κ3) is 7.53. The topological polar surface area (TPSA) is 95.0 Å². The first-order valence-corrected chi connectivity index (χ1v) is 8.99. The number of benzene rings is 2. The maximum atomic E-state index is 12.9. The zero-order valence-electron chi connectivity index (χ0n) is 15.9. The van der Waals surface area contributed by atoms with Crippen LogP contribution in [-0.4, -0.2) is 42.7 Å². The van der Waals surface area contributed by atoms with Gasteiger partial charge in [-0.25, -0.2) is 9.38 Å². The molecule has 1 amide bonds. The highest BCUT2D eigenvalue weighted by molar-refractivity contribution is 5.94. The molecule has 0 radical (unpaired) electrons. The highest BCUT2D eigenvalue weighted by atomic mass is 19.1. The van der Waals surface area contributed by atoms with Crippen LogP contribution in [0.15, 0.2) is 53.5 Å². The van der Waals surface area contributed by atoms with Crippen LogP contribution in [0.4, 0.5) is 10.1 Å². The Morgan fingerprint density at radius 1 is 1.14 bits per heavy atom. The predicted molar refractivity (Wildman–Crippen MR) is 107 cm³/mol. The van der Waals surface area contributed by atoms with Gasteiger partial charge >= 0.3 is 0 Å². The van der Waals surface area contributed by atoms with E-state index in [-0.39, 0.29) is 30.1 Å². The van der Waals surface area contributed by atoms with Crippen LogP contribution in [0, 0.1) is 5.82 Å². The number of guanidine groups is 1. The number of ether oxygens (including phenoxy) is 1. The van der Waals surface area contributed by atoms with E-state index < -0.39 is 0 Å². The summed E-state index contributed by atoms with van der Waals surface area (Å²) in [4.78, 5) is 16.3. The maximum Gasteiger partial charge on any atom is 0.246 e. The lowest BCUT2D eigenvalue weighted by atomic mass is 10.3. The largest absolute Gasteiger partial charge is 0.508 e. The molecular weight excluding hydrogens is 363 g/mol. The van der Waals surface area contributed by atoms with Gasteiger partial charge in [0.05, 0.1) is 6.54 Å². The fourth-order valence-corrected chi connectivity index (χ4v) is 2.27. The quantitative estimate of drug-likeness (QED) is 0.317. The molecular formula is C20H25FN4O3. The van der Waals surface area contributed by atoms with Gasteiger partial charge in [-0.1, -0.05) is 0 Å². The van der Waals surface area contributed by atoms with Gasteiger partial charge in [-0.15, -0.1) is 0 Å². The van der Waals surface area contributed by atoms with Crippen molar-refractivity contribution in [2.24, 2.45) is 4.99 Å². The number of carbonyl (C=O) groups excluding carboxylic acids is 1. The van der Waals surface area contributed by atoms with Crippen LogP contribution in [0.1, 0.15) is 13.8 Å². The van der Waals surface area contributed by atoms with Crippen molar-refractivity contribution in [3.8, 4) is 11.5 Å². The Kier molecular flexibility index (Phi) is 8.08. The number of nitrogens with zero attached hydrogens (tertiary/aromatic N) is 1. The van der Waals surface area contributed by atoms with Gasteiger partial charge in [0, 0.05) is 12.2 Å². The van der Waals surface area contributed by atoms with Gasteiger partial charge in [0.25, 0.3) is 0 Å². The maximum absolute atomic E-state index is 12.9. The summed E-state index contributed by atoms with van der Waals surface area (Å²) < 4.78 is 18.6. The fraction of sp³-hybridized carbons (Fsp3) is 0.300. The second-order valence-corrected chi connectivity index (χ2v) is 6.05. The average Bonchev–Trinajstić information content (AvgIpc) is 2.67. The third-order valence-corrected chi connectivity index (χ3v) is 3.58. The van der Waals surface area contributed by atoms with E-state index in [0.717, 1.165) is 0 Å². The van der Waals surface area contributed by atoms with Crippen molar-refractivity contribution in [1.82, 2.24) is 10.6 Å². The first-order valence-electron chi connectivity index (χ1n) is 8.99. The fourth-order valence-electron chi connectivity index (χ4n) is 2.27. The summed E-state index contributed by atoms with van der Waals surface area (Å²) in [7, 11) is 0. The highest BCUT2D eigenvalue weighted by Gasteiger charge is 2.07. The number of aliphatic imine (C=N–C) groups is 1. The highest BCUT2D eigenvalue weighted by Crippen LogP contribution is 2.14. The van der Waals surface area contributed by atoms with Crippen LogP contribution in [0.2, 0.25) is 0 Å². The number of halogens is 1. The molecule has 28 heavy (non-hydrogen) atoms. The van der Waals surface area contributed by atoms with Crippen molar-refractivity contribution >= 4 is 17.6 Å². The van der Waals surface area contributed by atoms with Gasteiger partial charge in [-0.3, -0.25) is 4.79 Å². The van der Waals surface area contributed by atoms with Gasteiger partial charge in [0.15, 0.2) is 5.96 Å². The average molecular weight is 388 g/mol. The Balaban J connectivity index is 1.82. The molecule has 0 aromatic heterocycles. The molecule has 1 unspecified atom stereocenters. The van der Waals surface area contributed by atoms with Crippen molar-refractivity contribution in [1.29, 1.82) is 0 Å². The second-order valence-electron chi connectivity index (χ2n) is 6.05. The molecule has 0 saturated heterocycles. The van der Waals surface area contributed by atoms with Gasteiger partial charge in [0.2, 0.25) is 5.91 Å². The molecule has 0 bridgehead atoms. The molecule has 1 atom stereocenters. The molecule has 0 fully saturated rings. The van der Waals surface area contributed by atoms with Crippen LogP contribution >= 0.6 is 0 Å². The van der Waals surface area contributed by atoms with Crippen molar-refractivity contribution in [3.05, 3.63) is 54.3 Å². The summed E-state index contributed by atoms with van der Waals surface area (Å²) in [5.74, 6) is 0.597. The SMILES string of the molecule is CCNC(=NCC(=O)Nc1ccc(O)cc1)NCC(C)Oc1ccc(F)cc1. The first-order chi connectivity index (χ1) is 13.5. The van der Waals surface area contributed by atoms with E-state index in [2.05, 4.69) is 20.9 Å². The van der Waals surface area contributed by atoms with E-state index in [1.807, 2.05) is 13.8 Å². The molecule has 2 aromatic rings. The van der Waals surface area contributed by atoms with Gasteiger partial charge in [0.1, 0.15) is 30.0 Å². The Hall–Kier alpha value is -3.29. The number of phenolic OH excluding ortho intramolecular Hbond substituents is 1. The predicted octanol–water partition coefficient (Wildman–Crippen LogP) is 2.49. The zero-order chi connectivity index (χ0) is 20.4. The normalized spacial score (nSPS) is 12.2. The Morgan fingerprint density at radius 2 is 1.82 bits per heavy atom. The Bertz CT molecular complexity index is 779. The van der Waals surface area contributed by atoms with Crippen molar-refractivity contribution in [2.75, 3.05) is 25.0 Å². The van der Waals surface area contributed by atoms with Crippen molar-refractivity contribution in [2.45, 2.75) is 20.0 Å². The summed E-state index contributed by atoms with van der Waals surface area (Å²) in [6, 6.07) is 12.0. The number of anilines is 1. The number of hydrogen-bond donors (Lipinski definition) is 4. The van der Waals surface area contributed by atoms with E-state index in [9.17, 15) is 14.3 Å². The molecule has 0 heterocycles. The minimum atomic E-state index is -0.315. The number of rotatable bonds is 8. The third-order valence-electron chi connectivity index (χ3n) is 3.58. The van der Waals surface area contributed by atoms with E-state index in [0.29, 0.717) is 30.5 Å². The van der Waals surface area contributed by atoms with E-state index in [1.54, 1.807) is 24.3 Å². The zero-order valence-corrected chi connectivity index (χ0v) is 15.9. The lowest BCUT2D eigenvalue weighted by Gasteiger charge is -2.17. The van der Waals surface area contributed by atoms with Gasteiger partial charge < -0.3 is 25.8 Å². The molecule has 0 aliphatic rings. The molecule has 150 valence electrons. The molecule has 4 N–H and O–H groups in total. The van der Waals surface area contributed by atoms with Crippen LogP contribution in [-0.2, 0) is 4.79 Å². The molecule has 2 rings (SSSR count). The van der Waals surface area contributed by atoms with Crippen molar-refractivity contribution < 1.29 is 19.0 Å². The number of amides is 1. The van der Waals surface area contributed by atoms with Gasteiger partial charge in [-0.05, 0) is 62.4 Å². The number of aromatic hydroxyl groups is 1. The standard InChI is InChI=1S/C20H25FN4O3/c1-3-22-20(23-12-14(2)28-18-10-4-15(21)5-11-18)24-13-19(27)25-16-6-8-17(26)9-7-16/h4-11,14,26H,3,12-13H2,1-2H3,(H,25,27)(H2,22,23,24). The van der Waals surface area contributed by atoms with Crippen LogP contribution in [0.3, 0.4) is 0 Å². The van der Waals surface area contributed by atoms with E-state index in [1.165, 1.54) is 24.3 Å². The summed E-state index contributed by atoms with van der Waals surface area (Å²) in [5, 5.41) is 18.1. The second kappa shape index (κ2) is 10.8. The molecule has 2 aromatic carbocycles. The van der Waals surface area contributed by atoms with E-state index >= 15 is 0 Å². The minimum Gasteiger partial charge on any atom is -0.508 e.